The van der Waals surface area contributed by atoms with Gasteiger partial charge in [-0.1, -0.05) is 12.8 Å². The normalized spacial score (nSPS) is 11.5. The van der Waals surface area contributed by atoms with E-state index in [0.717, 1.165) is 25.0 Å². The van der Waals surface area contributed by atoms with Crippen molar-refractivity contribution in [2.75, 3.05) is 24.0 Å². The number of anilines is 1. The molecular weight excluding hydrogens is 298 g/mol. The molecule has 0 aliphatic heterocycles. The molecule has 9 heteroatoms. The highest BCUT2D eigenvalue weighted by atomic mass is 32.2. The van der Waals surface area contributed by atoms with Crippen molar-refractivity contribution >= 4 is 27.7 Å². The Hall–Kier alpha value is -0.900. The average Bonchev–Trinajstić information content (AvgIpc) is 2.46. The van der Waals surface area contributed by atoms with Gasteiger partial charge < -0.3 is 0 Å². The summed E-state index contributed by atoms with van der Waals surface area (Å²) >= 11 is 1.83. The summed E-state index contributed by atoms with van der Waals surface area (Å²) in [7, 11) is -3.53. The predicted octanol–water partition coefficient (Wildman–Crippen LogP) is 0.964. The summed E-state index contributed by atoms with van der Waals surface area (Å²) in [5.74, 6) is 6.45. The number of nitrogens with zero attached hydrogens (tertiary/aromatic N) is 2. The molecule has 1 rings (SSSR count). The Morgan fingerprint density at radius 2 is 1.85 bits per heavy atom. The molecule has 0 saturated carbocycles. The van der Waals surface area contributed by atoms with Crippen molar-refractivity contribution in [1.29, 1.82) is 0 Å². The topological polar surface area (TPSA) is 110 Å². The molecule has 0 amide bonds. The maximum atomic E-state index is 11.9. The smallest absolute Gasteiger partial charge is 0.243 e. The molecule has 0 aliphatic rings. The summed E-state index contributed by atoms with van der Waals surface area (Å²) in [6, 6.07) is 0. The number of unbranched alkanes of at least 4 members (excludes halogenated alkanes) is 3. The number of hydrogen-bond acceptors (Lipinski definition) is 7. The second kappa shape index (κ2) is 9.11. The van der Waals surface area contributed by atoms with Crippen molar-refractivity contribution in [3.63, 3.8) is 0 Å². The number of aromatic nitrogens is 2. The Morgan fingerprint density at radius 3 is 2.45 bits per heavy atom. The summed E-state index contributed by atoms with van der Waals surface area (Å²) in [6.07, 6.45) is 8.69. The fraction of sp³-hybridized carbons (Fsp3) is 0.636. The molecule has 1 aromatic heterocycles. The van der Waals surface area contributed by atoms with Crippen molar-refractivity contribution in [2.45, 2.75) is 30.6 Å². The number of nitrogens with two attached hydrogens (primary N) is 1. The zero-order valence-corrected chi connectivity index (χ0v) is 13.1. The molecule has 0 fully saturated rings. The first kappa shape index (κ1) is 17.2. The van der Waals surface area contributed by atoms with E-state index < -0.39 is 10.0 Å². The van der Waals surface area contributed by atoms with E-state index in [1.165, 1.54) is 18.8 Å². The van der Waals surface area contributed by atoms with Crippen molar-refractivity contribution in [1.82, 2.24) is 14.7 Å². The van der Waals surface area contributed by atoms with Crippen LogP contribution < -0.4 is 16.0 Å². The van der Waals surface area contributed by atoms with E-state index in [0.29, 0.717) is 6.54 Å². The average molecular weight is 319 g/mol. The Bertz CT molecular complexity index is 478. The minimum atomic E-state index is -3.53. The molecule has 1 heterocycles. The fourth-order valence-electron chi connectivity index (χ4n) is 1.54. The molecule has 0 aromatic carbocycles. The standard InChI is InChI=1S/C11H21N5O2S2/c1-19-7-5-3-2-4-6-15-20(17,18)10-8-13-11(16-12)14-9-10/h8-9,15H,2-7,12H2,1H3,(H,13,14,16). The van der Waals surface area contributed by atoms with Crippen LogP contribution in [0, 0.1) is 0 Å². The Labute approximate surface area is 124 Å². The van der Waals surface area contributed by atoms with Crippen molar-refractivity contribution in [2.24, 2.45) is 5.84 Å². The molecule has 0 bridgehead atoms. The lowest BCUT2D eigenvalue weighted by atomic mass is 10.2. The van der Waals surface area contributed by atoms with Gasteiger partial charge in [0.05, 0.1) is 12.4 Å². The zero-order valence-electron chi connectivity index (χ0n) is 11.5. The number of hydrazine groups is 1. The Kier molecular flexibility index (Phi) is 7.82. The largest absolute Gasteiger partial charge is 0.292 e. The van der Waals surface area contributed by atoms with Gasteiger partial charge in [0, 0.05) is 6.54 Å². The number of hydrogen-bond donors (Lipinski definition) is 3. The molecule has 1 aromatic rings. The van der Waals surface area contributed by atoms with Gasteiger partial charge in [0.25, 0.3) is 0 Å². The minimum absolute atomic E-state index is 0.0406. The van der Waals surface area contributed by atoms with Gasteiger partial charge in [0.2, 0.25) is 16.0 Å². The highest BCUT2D eigenvalue weighted by Gasteiger charge is 2.14. The van der Waals surface area contributed by atoms with Crippen LogP contribution in [0.4, 0.5) is 5.95 Å². The SMILES string of the molecule is CSCCCCCCNS(=O)(=O)c1cnc(NN)nc1. The van der Waals surface area contributed by atoms with E-state index in [4.69, 9.17) is 5.84 Å². The van der Waals surface area contributed by atoms with E-state index in [1.54, 1.807) is 0 Å². The number of thioether (sulfide) groups is 1. The van der Waals surface area contributed by atoms with Crippen molar-refractivity contribution in [3.8, 4) is 0 Å². The van der Waals surface area contributed by atoms with Crippen LogP contribution in [0.5, 0.6) is 0 Å². The van der Waals surface area contributed by atoms with E-state index in [9.17, 15) is 8.42 Å². The van der Waals surface area contributed by atoms with Crippen LogP contribution in [0.25, 0.3) is 0 Å². The number of rotatable bonds is 10. The Balaban J connectivity index is 2.33. The van der Waals surface area contributed by atoms with Crippen LogP contribution in [-0.4, -0.2) is 36.9 Å². The maximum Gasteiger partial charge on any atom is 0.243 e. The van der Waals surface area contributed by atoms with Crippen LogP contribution in [0.2, 0.25) is 0 Å². The van der Waals surface area contributed by atoms with E-state index in [-0.39, 0.29) is 10.8 Å². The third kappa shape index (κ3) is 6.04. The fourth-order valence-corrected chi connectivity index (χ4v) is 3.00. The molecule has 0 aliphatic carbocycles. The number of nitrogen functional groups attached to an aromatic ring is 1. The van der Waals surface area contributed by atoms with Crippen molar-refractivity contribution < 1.29 is 8.42 Å². The van der Waals surface area contributed by atoms with E-state index in [1.807, 2.05) is 11.8 Å². The summed E-state index contributed by atoms with van der Waals surface area (Å²) in [6.45, 7) is 0.429. The predicted molar refractivity (Wildman–Crippen MR) is 81.9 cm³/mol. The molecule has 0 radical (unpaired) electrons. The van der Waals surface area contributed by atoms with Crippen LogP contribution >= 0.6 is 11.8 Å². The highest BCUT2D eigenvalue weighted by Crippen LogP contribution is 2.08. The van der Waals surface area contributed by atoms with Gasteiger partial charge in [-0.15, -0.1) is 0 Å². The molecular formula is C11H21N5O2S2. The van der Waals surface area contributed by atoms with Gasteiger partial charge in [-0.05, 0) is 24.9 Å². The maximum absolute atomic E-state index is 11.9. The first-order valence-corrected chi connectivity index (χ1v) is 9.25. The first-order chi connectivity index (χ1) is 9.60. The third-order valence-electron chi connectivity index (χ3n) is 2.63. The van der Waals surface area contributed by atoms with Crippen LogP contribution in [0.15, 0.2) is 17.3 Å². The molecule has 0 saturated heterocycles. The van der Waals surface area contributed by atoms with Crippen LogP contribution in [-0.2, 0) is 10.0 Å². The Morgan fingerprint density at radius 1 is 1.20 bits per heavy atom. The second-order valence-corrected chi connectivity index (χ2v) is 6.94. The quantitative estimate of drug-likeness (QED) is 0.335. The molecule has 114 valence electrons. The minimum Gasteiger partial charge on any atom is -0.292 e. The van der Waals surface area contributed by atoms with Gasteiger partial charge in [-0.3, -0.25) is 5.43 Å². The lowest BCUT2D eigenvalue weighted by molar-refractivity contribution is 0.573. The lowest BCUT2D eigenvalue weighted by Gasteiger charge is -2.06. The van der Waals surface area contributed by atoms with Gasteiger partial charge in [0.15, 0.2) is 0 Å². The number of sulfonamides is 1. The van der Waals surface area contributed by atoms with Gasteiger partial charge in [-0.2, -0.15) is 11.8 Å². The van der Waals surface area contributed by atoms with E-state index in [2.05, 4.69) is 26.4 Å². The highest BCUT2D eigenvalue weighted by molar-refractivity contribution is 7.98. The summed E-state index contributed by atoms with van der Waals surface area (Å²) in [4.78, 5) is 7.59. The van der Waals surface area contributed by atoms with Crippen LogP contribution in [0.1, 0.15) is 25.7 Å². The van der Waals surface area contributed by atoms with Gasteiger partial charge in [0.1, 0.15) is 4.90 Å². The number of nitrogens with one attached hydrogen (secondary N) is 2. The first-order valence-electron chi connectivity index (χ1n) is 6.37. The molecule has 0 atom stereocenters. The van der Waals surface area contributed by atoms with Gasteiger partial charge >= 0.3 is 0 Å². The second-order valence-electron chi connectivity index (χ2n) is 4.19. The lowest BCUT2D eigenvalue weighted by Crippen LogP contribution is -2.25. The third-order valence-corrected chi connectivity index (χ3v) is 4.75. The molecule has 4 N–H and O–H groups in total. The zero-order chi connectivity index (χ0) is 14.8. The molecule has 0 spiro atoms. The van der Waals surface area contributed by atoms with Gasteiger partial charge in [-0.25, -0.2) is 29.0 Å². The van der Waals surface area contributed by atoms with E-state index >= 15 is 0 Å². The molecule has 20 heavy (non-hydrogen) atoms. The summed E-state index contributed by atoms with van der Waals surface area (Å²) in [5, 5.41) is 0. The van der Waals surface area contributed by atoms with Crippen molar-refractivity contribution in [3.05, 3.63) is 12.4 Å². The van der Waals surface area contributed by atoms with Crippen LogP contribution in [0.3, 0.4) is 0 Å². The molecule has 7 nitrogen and oxygen atoms in total. The summed E-state index contributed by atoms with van der Waals surface area (Å²) < 4.78 is 26.4. The molecule has 0 unspecified atom stereocenters. The monoisotopic (exact) mass is 319 g/mol. The summed E-state index contributed by atoms with van der Waals surface area (Å²) in [5.41, 5.74) is 2.24.